The minimum Gasteiger partial charge on any atom is -0.456 e. The molecular formula is C49H73N5O13. The maximum absolute atomic E-state index is 14.3. The van der Waals surface area contributed by atoms with E-state index in [0.29, 0.717) is 68.1 Å². The van der Waals surface area contributed by atoms with Crippen LogP contribution in [0.15, 0.2) is 53.4 Å². The minimum absolute atomic E-state index is 0.00988. The summed E-state index contributed by atoms with van der Waals surface area (Å²) >= 11 is 0. The fraction of sp³-hybridized carbons (Fsp3) is 0.694. The molecule has 18 heteroatoms. The number of ether oxygens (including phenoxy) is 5. The Hall–Kier alpha value is -4.43. The number of hydrogen-bond acceptors (Lipinski definition) is 15. The van der Waals surface area contributed by atoms with E-state index in [0.717, 1.165) is 5.57 Å². The standard InChI is InChI=1S/C44H69NO12.C5H4N4O/c1-10-13-31-19-25(2)18-26(3)20-37(54-8)40-38(55-9)22-28(5)44(52,57-40)41(49)42(50)45-17-12-11-14-32(45)43(51)56-39(29(6)34(47)24-35(31)48)27(4)21-30-15-16-33(46)36(23-30)53-7;10-5-3-4(7-1-6-3)8-2-9-5/h10,19,21,26,28-34,36-40,46-47,52H,1,11-18,20,22-24H2,2-9H3;1-2H,(H2,6,7,8,9,10)/b25-19+,27-21+;/t26-,28+,29+,30?,31+,32-,33+,34-,36+,37-,38-,39+,40+,44+;/m0./s1. The summed E-state index contributed by atoms with van der Waals surface area (Å²) in [6, 6.07) is -1.14. The van der Waals surface area contributed by atoms with Crippen LogP contribution in [0.2, 0.25) is 0 Å². The number of nitrogens with zero attached hydrogens (tertiary/aromatic N) is 3. The number of allylic oxidation sites excluding steroid dienone is 4. The fourth-order valence-corrected chi connectivity index (χ4v) is 10.2. The molecule has 0 aromatic carbocycles. The number of carbonyl (C=O) groups excluding carboxylic acids is 4. The van der Waals surface area contributed by atoms with E-state index in [9.17, 15) is 39.3 Å². The summed E-state index contributed by atoms with van der Waals surface area (Å²) in [6.07, 6.45) is 7.69. The highest BCUT2D eigenvalue weighted by atomic mass is 16.7. The van der Waals surface area contributed by atoms with Crippen LogP contribution in [-0.4, -0.2) is 146 Å². The van der Waals surface area contributed by atoms with Crippen molar-refractivity contribution in [2.24, 2.45) is 29.6 Å². The molecule has 2 aromatic heterocycles. The van der Waals surface area contributed by atoms with E-state index in [2.05, 4.69) is 26.5 Å². The van der Waals surface area contributed by atoms with Crippen molar-refractivity contribution in [2.75, 3.05) is 27.9 Å². The molecule has 18 nitrogen and oxygen atoms in total. The summed E-state index contributed by atoms with van der Waals surface area (Å²) in [5.41, 5.74) is 2.28. The van der Waals surface area contributed by atoms with Gasteiger partial charge in [0.15, 0.2) is 11.2 Å². The average Bonchev–Trinajstić information content (AvgIpc) is 3.81. The first-order valence-electron chi connectivity index (χ1n) is 23.6. The lowest BCUT2D eigenvalue weighted by Gasteiger charge is -2.47. The number of Topliss-reactive ketones (excluding diaryl/α,β-unsaturated/α-hetero) is 2. The number of hydrogen-bond donors (Lipinski definition) is 5. The lowest BCUT2D eigenvalue weighted by atomic mass is 9.81. The van der Waals surface area contributed by atoms with Crippen LogP contribution in [0.3, 0.4) is 0 Å². The Morgan fingerprint density at radius 1 is 0.910 bits per heavy atom. The van der Waals surface area contributed by atoms with Crippen molar-refractivity contribution >= 4 is 34.6 Å². The molecule has 2 aromatic rings. The molecule has 1 amide bonds. The van der Waals surface area contributed by atoms with Gasteiger partial charge in [0.2, 0.25) is 5.79 Å². The smallest absolute Gasteiger partial charge is 0.329 e. The van der Waals surface area contributed by atoms with Gasteiger partial charge in [-0.05, 0) is 95.5 Å². The van der Waals surface area contributed by atoms with Gasteiger partial charge < -0.3 is 53.9 Å². The van der Waals surface area contributed by atoms with Crippen LogP contribution < -0.4 is 5.56 Å². The molecular weight excluding hydrogens is 867 g/mol. The Balaban J connectivity index is 0.000000733. The monoisotopic (exact) mass is 940 g/mol. The third-order valence-corrected chi connectivity index (χ3v) is 14.1. The zero-order chi connectivity index (χ0) is 49.2. The molecule has 4 aliphatic rings. The van der Waals surface area contributed by atoms with Crippen LogP contribution in [-0.2, 0) is 42.9 Å². The van der Waals surface area contributed by atoms with Crippen molar-refractivity contribution in [3.05, 3.63) is 59.0 Å². The van der Waals surface area contributed by atoms with Crippen molar-refractivity contribution in [3.8, 4) is 0 Å². The number of piperidine rings is 1. The third kappa shape index (κ3) is 13.0. The van der Waals surface area contributed by atoms with Gasteiger partial charge in [0.25, 0.3) is 17.2 Å². The normalized spacial score (nSPS) is 36.4. The predicted octanol–water partition coefficient (Wildman–Crippen LogP) is 4.29. The fourth-order valence-electron chi connectivity index (χ4n) is 10.2. The zero-order valence-corrected chi connectivity index (χ0v) is 40.4. The maximum atomic E-state index is 14.3. The summed E-state index contributed by atoms with van der Waals surface area (Å²) in [4.78, 5) is 81.4. The molecule has 5 heterocycles. The molecule has 372 valence electrons. The van der Waals surface area contributed by atoms with E-state index in [4.69, 9.17) is 23.7 Å². The second-order valence-corrected chi connectivity index (χ2v) is 19.1. The number of rotatable bonds is 7. The number of ketones is 2. The summed E-state index contributed by atoms with van der Waals surface area (Å²) < 4.78 is 29.7. The Labute approximate surface area is 392 Å². The average molecular weight is 940 g/mol. The molecule has 1 saturated carbocycles. The number of aliphatic hydroxyl groups excluding tert-OH is 2. The topological polar surface area (TPSA) is 253 Å². The van der Waals surface area contributed by atoms with Crippen molar-refractivity contribution < 1.29 is 58.2 Å². The van der Waals surface area contributed by atoms with Crippen molar-refractivity contribution in [1.82, 2.24) is 24.8 Å². The number of aromatic amines is 2. The lowest BCUT2D eigenvalue weighted by Crippen LogP contribution is -2.64. The first kappa shape index (κ1) is 53.5. The summed E-state index contributed by atoms with van der Waals surface area (Å²) in [5.74, 6) is -7.76. The van der Waals surface area contributed by atoms with Gasteiger partial charge in [0.05, 0.1) is 43.2 Å². The highest BCUT2D eigenvalue weighted by Crippen LogP contribution is 2.39. The Morgan fingerprint density at radius 2 is 1.58 bits per heavy atom. The molecule has 67 heavy (non-hydrogen) atoms. The highest BCUT2D eigenvalue weighted by Gasteiger charge is 2.56. The maximum Gasteiger partial charge on any atom is 0.329 e. The van der Waals surface area contributed by atoms with Crippen LogP contribution in [0, 0.1) is 29.6 Å². The summed E-state index contributed by atoms with van der Waals surface area (Å²) in [6.45, 7) is 13.1. The number of fused-ring (bicyclic) bond motifs is 4. The molecule has 5 N–H and O–H groups in total. The number of nitrogens with one attached hydrogen (secondary N) is 2. The van der Waals surface area contributed by atoms with Crippen LogP contribution in [0.25, 0.3) is 11.2 Å². The highest BCUT2D eigenvalue weighted by molar-refractivity contribution is 6.39. The van der Waals surface area contributed by atoms with Crippen molar-refractivity contribution in [1.29, 1.82) is 0 Å². The van der Waals surface area contributed by atoms with Crippen LogP contribution in [0.4, 0.5) is 0 Å². The molecule has 6 rings (SSSR count). The van der Waals surface area contributed by atoms with E-state index in [1.54, 1.807) is 27.0 Å². The molecule has 3 fully saturated rings. The van der Waals surface area contributed by atoms with Crippen molar-refractivity contribution in [3.63, 3.8) is 0 Å². The number of imidazole rings is 1. The predicted molar refractivity (Wildman–Crippen MR) is 247 cm³/mol. The molecule has 1 aliphatic carbocycles. The van der Waals surface area contributed by atoms with Crippen LogP contribution >= 0.6 is 0 Å². The van der Waals surface area contributed by atoms with E-state index >= 15 is 0 Å². The van der Waals surface area contributed by atoms with Gasteiger partial charge in [-0.3, -0.25) is 19.2 Å². The third-order valence-electron chi connectivity index (χ3n) is 14.1. The Kier molecular flexibility index (Phi) is 19.3. The second kappa shape index (κ2) is 24.2. The SMILES string of the molecule is C=CC[C@@H]1/C=C(\C)C[C@H](C)C[C@H](OC)[C@H]2O[C@@](O)(C(=O)C(=O)N3CCCC[C@H]3C(=O)O[C@H](/C(C)=C/C3CC[C@@H](O)[C@H](OC)C3)[C@H](C)[C@@H](O)CC1=O)[C@H](C)C[C@@H]2OC.O=c1[nH]cnc2nc[nH]c12. The quantitative estimate of drug-likeness (QED) is 0.148. The number of cyclic esters (lactones) is 1. The van der Waals surface area contributed by atoms with E-state index in [-0.39, 0.29) is 55.1 Å². The second-order valence-electron chi connectivity index (χ2n) is 19.1. The van der Waals surface area contributed by atoms with Gasteiger partial charge in [-0.25, -0.2) is 14.8 Å². The number of H-pyrrole nitrogens is 2. The lowest BCUT2D eigenvalue weighted by molar-refractivity contribution is -0.302. The number of esters is 1. The molecule has 1 unspecified atom stereocenters. The number of methoxy groups -OCH3 is 3. The van der Waals surface area contributed by atoms with Crippen LogP contribution in [0.5, 0.6) is 0 Å². The molecule has 2 bridgehead atoms. The minimum atomic E-state index is -2.51. The van der Waals surface area contributed by atoms with Gasteiger partial charge in [-0.15, -0.1) is 6.58 Å². The zero-order valence-electron chi connectivity index (χ0n) is 40.4. The van der Waals surface area contributed by atoms with Gasteiger partial charge in [-0.2, -0.15) is 0 Å². The van der Waals surface area contributed by atoms with E-state index in [1.807, 2.05) is 32.9 Å². The first-order chi connectivity index (χ1) is 31.9. The number of aliphatic hydroxyl groups is 3. The molecule has 3 aliphatic heterocycles. The number of aromatic nitrogens is 4. The van der Waals surface area contributed by atoms with E-state index < -0.39 is 83.9 Å². The molecule has 0 spiro atoms. The van der Waals surface area contributed by atoms with Gasteiger partial charge in [-0.1, -0.05) is 44.6 Å². The summed E-state index contributed by atoms with van der Waals surface area (Å²) in [7, 11) is 4.61. The van der Waals surface area contributed by atoms with Gasteiger partial charge in [0.1, 0.15) is 24.0 Å². The van der Waals surface area contributed by atoms with Gasteiger partial charge in [0, 0.05) is 52.0 Å². The number of carbonyl (C=O) groups is 4. The molecule has 0 radical (unpaired) electrons. The van der Waals surface area contributed by atoms with Crippen LogP contribution in [0.1, 0.15) is 105 Å². The Bertz CT molecular complexity index is 2140. The van der Waals surface area contributed by atoms with Gasteiger partial charge >= 0.3 is 5.97 Å². The van der Waals surface area contributed by atoms with E-state index in [1.165, 1.54) is 31.8 Å². The first-order valence-corrected chi connectivity index (χ1v) is 23.6. The number of amides is 1. The largest absolute Gasteiger partial charge is 0.456 e. The summed E-state index contributed by atoms with van der Waals surface area (Å²) in [5, 5.41) is 34.1. The van der Waals surface area contributed by atoms with Crippen molar-refractivity contribution in [2.45, 2.75) is 160 Å². The Morgan fingerprint density at radius 3 is 2.24 bits per heavy atom. The molecule has 2 saturated heterocycles. The molecule has 14 atom stereocenters.